The van der Waals surface area contributed by atoms with Gasteiger partial charge in [-0.3, -0.25) is 0 Å². The van der Waals surface area contributed by atoms with E-state index in [0.29, 0.717) is 6.04 Å². The Morgan fingerprint density at radius 3 is 2.58 bits per heavy atom. The fraction of sp³-hybridized carbons (Fsp3) is 0.800. The van der Waals surface area contributed by atoms with Crippen LogP contribution in [-0.4, -0.2) is 6.04 Å². The van der Waals surface area contributed by atoms with E-state index in [2.05, 4.69) is 12.2 Å². The van der Waals surface area contributed by atoms with Crippen molar-refractivity contribution < 1.29 is 0 Å². The second-order valence-electron chi connectivity index (χ2n) is 4.43. The minimum atomic E-state index is 0. The summed E-state index contributed by atoms with van der Waals surface area (Å²) in [5.41, 5.74) is 6.07. The van der Waals surface area contributed by atoms with Crippen molar-refractivity contribution in [2.75, 3.05) is 0 Å². The van der Waals surface area contributed by atoms with Gasteiger partial charge in [-0.1, -0.05) is 12.2 Å². The van der Waals surface area contributed by atoms with Crippen LogP contribution in [0.4, 0.5) is 0 Å². The van der Waals surface area contributed by atoms with E-state index in [9.17, 15) is 0 Å². The van der Waals surface area contributed by atoms with Gasteiger partial charge in [-0.05, 0) is 42.9 Å². The van der Waals surface area contributed by atoms with Crippen LogP contribution in [-0.2, 0) is 0 Å². The number of allylic oxidation sites excluding steroid dienone is 2. The van der Waals surface area contributed by atoms with Gasteiger partial charge in [0.15, 0.2) is 0 Å². The van der Waals surface area contributed by atoms with Gasteiger partial charge in [-0.25, -0.2) is 0 Å². The Morgan fingerprint density at radius 1 is 1.08 bits per heavy atom. The number of hydrogen-bond donors (Lipinski definition) is 1. The molecule has 68 valence electrons. The van der Waals surface area contributed by atoms with Gasteiger partial charge < -0.3 is 5.73 Å². The lowest BCUT2D eigenvalue weighted by molar-refractivity contribution is 0.339. The third kappa shape index (κ3) is 0.898. The molecule has 0 spiro atoms. The number of hydrogen-bond acceptors (Lipinski definition) is 1. The molecule has 5 atom stereocenters. The van der Waals surface area contributed by atoms with Crippen molar-refractivity contribution in [1.82, 2.24) is 0 Å². The normalized spacial score (nSPS) is 53.9. The molecule has 3 aliphatic rings. The van der Waals surface area contributed by atoms with Crippen LogP contribution in [0.3, 0.4) is 0 Å². The molecule has 2 bridgehead atoms. The lowest BCUT2D eigenvalue weighted by Crippen LogP contribution is -2.30. The van der Waals surface area contributed by atoms with Crippen molar-refractivity contribution in [1.29, 1.82) is 0 Å². The van der Waals surface area contributed by atoms with Crippen LogP contribution in [0.2, 0.25) is 0 Å². The Bertz CT molecular complexity index is 214. The van der Waals surface area contributed by atoms with E-state index in [4.69, 9.17) is 5.73 Å². The zero-order valence-corrected chi connectivity index (χ0v) is 7.96. The van der Waals surface area contributed by atoms with Crippen molar-refractivity contribution in [3.63, 3.8) is 0 Å². The first-order valence-corrected chi connectivity index (χ1v) is 4.80. The molecule has 1 nitrogen and oxygen atoms in total. The third-order valence-corrected chi connectivity index (χ3v) is 4.02. The molecule has 0 aromatic rings. The van der Waals surface area contributed by atoms with Crippen molar-refractivity contribution in [3.8, 4) is 0 Å². The minimum absolute atomic E-state index is 0. The summed E-state index contributed by atoms with van der Waals surface area (Å²) < 4.78 is 0. The van der Waals surface area contributed by atoms with Crippen LogP contribution in [0, 0.1) is 23.7 Å². The zero-order valence-electron chi connectivity index (χ0n) is 7.15. The van der Waals surface area contributed by atoms with E-state index in [1.54, 1.807) is 0 Å². The highest BCUT2D eigenvalue weighted by Crippen LogP contribution is 2.54. The van der Waals surface area contributed by atoms with Gasteiger partial charge >= 0.3 is 0 Å². The molecule has 2 N–H and O–H groups in total. The van der Waals surface area contributed by atoms with Crippen LogP contribution in [0.5, 0.6) is 0 Å². The Labute approximate surface area is 79.8 Å². The first-order valence-electron chi connectivity index (χ1n) is 4.80. The maximum atomic E-state index is 6.07. The molecule has 0 aromatic carbocycles. The van der Waals surface area contributed by atoms with E-state index >= 15 is 0 Å². The molecular formula is C10H16ClN. The van der Waals surface area contributed by atoms with Crippen LogP contribution in [0.25, 0.3) is 0 Å². The lowest BCUT2D eigenvalue weighted by atomic mass is 9.84. The number of rotatable bonds is 0. The predicted octanol–water partition coefficient (Wildman–Crippen LogP) is 1.97. The van der Waals surface area contributed by atoms with E-state index in [1.807, 2.05) is 0 Å². The van der Waals surface area contributed by atoms with Gasteiger partial charge in [0.05, 0.1) is 0 Å². The molecule has 2 fully saturated rings. The van der Waals surface area contributed by atoms with Crippen LogP contribution < -0.4 is 5.73 Å². The van der Waals surface area contributed by atoms with Gasteiger partial charge in [-0.15, -0.1) is 12.4 Å². The molecule has 2 heteroatoms. The first kappa shape index (κ1) is 8.58. The van der Waals surface area contributed by atoms with E-state index in [0.717, 1.165) is 23.7 Å². The summed E-state index contributed by atoms with van der Waals surface area (Å²) in [5, 5.41) is 0. The van der Waals surface area contributed by atoms with E-state index in [-0.39, 0.29) is 12.4 Å². The standard InChI is InChI=1S/C10H15N.ClH/c11-9-4-3-8-6-1-2-7(5-6)10(8)9;/h1-2,6-10H,3-5,11H2;1H/t6-,7+,8-,9+,10+;/m0./s1. The number of fused-ring (bicyclic) bond motifs is 5. The summed E-state index contributed by atoms with van der Waals surface area (Å²) in [6.07, 6.45) is 8.95. The fourth-order valence-electron chi connectivity index (χ4n) is 3.58. The fourth-order valence-corrected chi connectivity index (χ4v) is 3.58. The van der Waals surface area contributed by atoms with Gasteiger partial charge in [-0.2, -0.15) is 0 Å². The van der Waals surface area contributed by atoms with Crippen molar-refractivity contribution in [2.45, 2.75) is 25.3 Å². The molecule has 3 rings (SSSR count). The quantitative estimate of drug-likeness (QED) is 0.574. The van der Waals surface area contributed by atoms with Gasteiger partial charge in [0.25, 0.3) is 0 Å². The average Bonchev–Trinajstić information content (AvgIpc) is 2.60. The molecule has 0 radical (unpaired) electrons. The van der Waals surface area contributed by atoms with Crippen LogP contribution in [0.15, 0.2) is 12.2 Å². The number of halogens is 1. The molecule has 0 heterocycles. The molecule has 0 amide bonds. The zero-order chi connectivity index (χ0) is 7.42. The smallest absolute Gasteiger partial charge is 0.00757 e. The summed E-state index contributed by atoms with van der Waals surface area (Å²) in [4.78, 5) is 0. The summed E-state index contributed by atoms with van der Waals surface area (Å²) in [7, 11) is 0. The van der Waals surface area contributed by atoms with Crippen molar-refractivity contribution in [3.05, 3.63) is 12.2 Å². The number of nitrogens with two attached hydrogens (primary N) is 1. The second-order valence-corrected chi connectivity index (χ2v) is 4.43. The molecular weight excluding hydrogens is 170 g/mol. The van der Waals surface area contributed by atoms with Gasteiger partial charge in [0.1, 0.15) is 0 Å². The lowest BCUT2D eigenvalue weighted by Gasteiger charge is -2.23. The monoisotopic (exact) mass is 185 g/mol. The maximum Gasteiger partial charge on any atom is 0.00757 e. The molecule has 0 aromatic heterocycles. The van der Waals surface area contributed by atoms with E-state index < -0.39 is 0 Å². The Kier molecular flexibility index (Phi) is 1.96. The second kappa shape index (κ2) is 2.74. The van der Waals surface area contributed by atoms with Gasteiger partial charge in [0.2, 0.25) is 0 Å². The highest BCUT2D eigenvalue weighted by molar-refractivity contribution is 5.85. The molecule has 0 aliphatic heterocycles. The summed E-state index contributed by atoms with van der Waals surface area (Å²) in [5.74, 6) is 3.62. The van der Waals surface area contributed by atoms with Crippen molar-refractivity contribution in [2.24, 2.45) is 29.4 Å². The SMILES string of the molecule is Cl.N[C@@H]1CC[C@@H]2[C@H]1[C@@H]1C=C[C@H]2C1. The Morgan fingerprint density at radius 2 is 1.83 bits per heavy atom. The molecule has 0 saturated heterocycles. The summed E-state index contributed by atoms with van der Waals surface area (Å²) >= 11 is 0. The topological polar surface area (TPSA) is 26.0 Å². The highest BCUT2D eigenvalue weighted by atomic mass is 35.5. The van der Waals surface area contributed by atoms with Crippen LogP contribution in [0.1, 0.15) is 19.3 Å². The molecule has 3 aliphatic carbocycles. The predicted molar refractivity (Wildman–Crippen MR) is 52.2 cm³/mol. The summed E-state index contributed by atoms with van der Waals surface area (Å²) in [6, 6.07) is 0.528. The maximum absolute atomic E-state index is 6.07. The van der Waals surface area contributed by atoms with Crippen molar-refractivity contribution >= 4 is 12.4 Å². The van der Waals surface area contributed by atoms with Crippen LogP contribution >= 0.6 is 12.4 Å². The Hall–Kier alpha value is -0.0100. The highest BCUT2D eigenvalue weighted by Gasteiger charge is 2.49. The molecule has 2 saturated carbocycles. The molecule has 0 unspecified atom stereocenters. The molecule has 12 heavy (non-hydrogen) atoms. The Balaban J connectivity index is 0.000000563. The van der Waals surface area contributed by atoms with Gasteiger partial charge in [0, 0.05) is 6.04 Å². The minimum Gasteiger partial charge on any atom is -0.327 e. The van der Waals surface area contributed by atoms with E-state index in [1.165, 1.54) is 19.3 Å². The third-order valence-electron chi connectivity index (χ3n) is 4.02. The summed E-state index contributed by atoms with van der Waals surface area (Å²) in [6.45, 7) is 0. The largest absolute Gasteiger partial charge is 0.327 e. The first-order chi connectivity index (χ1) is 5.36. The average molecular weight is 186 g/mol.